The Labute approximate surface area is 121 Å². The molecular formula is C20H20. The number of benzene rings is 2. The van der Waals surface area contributed by atoms with E-state index < -0.39 is 0 Å². The van der Waals surface area contributed by atoms with Gasteiger partial charge in [-0.1, -0.05) is 79.7 Å². The lowest BCUT2D eigenvalue weighted by Crippen LogP contribution is -2.03. The molecular weight excluding hydrogens is 240 g/mol. The van der Waals surface area contributed by atoms with Crippen LogP contribution in [0.15, 0.2) is 72.8 Å². The normalized spacial score (nSPS) is 18.4. The van der Waals surface area contributed by atoms with E-state index >= 15 is 0 Å². The highest BCUT2D eigenvalue weighted by Gasteiger charge is 2.15. The van der Waals surface area contributed by atoms with Gasteiger partial charge in [-0.05, 0) is 41.0 Å². The molecule has 3 rings (SSSR count). The summed E-state index contributed by atoms with van der Waals surface area (Å²) in [4.78, 5) is 0. The molecule has 0 aliphatic heterocycles. The molecule has 0 heterocycles. The van der Waals surface area contributed by atoms with Gasteiger partial charge in [0.2, 0.25) is 0 Å². The zero-order valence-electron chi connectivity index (χ0n) is 11.9. The summed E-state index contributed by atoms with van der Waals surface area (Å²) in [5.41, 5.74) is 5.49. The molecule has 1 atom stereocenters. The van der Waals surface area contributed by atoms with Crippen LogP contribution in [0, 0.1) is 5.92 Å². The van der Waals surface area contributed by atoms with Crippen LogP contribution in [-0.2, 0) is 0 Å². The highest BCUT2D eigenvalue weighted by molar-refractivity contribution is 5.86. The minimum absolute atomic E-state index is 0.644. The van der Waals surface area contributed by atoms with Crippen LogP contribution in [0.5, 0.6) is 0 Å². The molecule has 20 heavy (non-hydrogen) atoms. The minimum Gasteiger partial charge on any atom is -0.0732 e. The van der Waals surface area contributed by atoms with Crippen molar-refractivity contribution in [2.75, 3.05) is 0 Å². The van der Waals surface area contributed by atoms with E-state index in [0.717, 1.165) is 6.42 Å². The Balaban J connectivity index is 2.00. The van der Waals surface area contributed by atoms with Crippen molar-refractivity contribution in [1.82, 2.24) is 0 Å². The number of rotatable bonds is 3. The van der Waals surface area contributed by atoms with E-state index in [1.807, 2.05) is 0 Å². The first kappa shape index (κ1) is 12.9. The molecule has 0 N–H and O–H groups in total. The first-order chi connectivity index (χ1) is 9.86. The third-order valence-corrected chi connectivity index (χ3v) is 4.00. The summed E-state index contributed by atoms with van der Waals surface area (Å²) < 4.78 is 0. The molecule has 0 heteroatoms. The van der Waals surface area contributed by atoms with Crippen molar-refractivity contribution in [3.8, 4) is 0 Å². The van der Waals surface area contributed by atoms with E-state index in [-0.39, 0.29) is 0 Å². The summed E-state index contributed by atoms with van der Waals surface area (Å²) in [6, 6.07) is 21.5. The molecule has 100 valence electrons. The lowest BCUT2D eigenvalue weighted by Gasteiger charge is -2.21. The highest BCUT2D eigenvalue weighted by Crippen LogP contribution is 2.35. The van der Waals surface area contributed by atoms with Crippen LogP contribution in [0.4, 0.5) is 0 Å². The lowest BCUT2D eigenvalue weighted by molar-refractivity contribution is 0.644. The smallest absolute Gasteiger partial charge is 0.0186 e. The van der Waals surface area contributed by atoms with Crippen molar-refractivity contribution in [2.24, 2.45) is 5.92 Å². The summed E-state index contributed by atoms with van der Waals surface area (Å²) in [6.45, 7) is 2.28. The van der Waals surface area contributed by atoms with Gasteiger partial charge in [-0.3, -0.25) is 0 Å². The second-order valence-electron chi connectivity index (χ2n) is 5.40. The maximum atomic E-state index is 2.43. The molecule has 1 aliphatic rings. The van der Waals surface area contributed by atoms with Crippen LogP contribution in [0.2, 0.25) is 0 Å². The molecule has 0 bridgehead atoms. The van der Waals surface area contributed by atoms with Crippen LogP contribution in [0.25, 0.3) is 11.1 Å². The third-order valence-electron chi connectivity index (χ3n) is 4.00. The Hall–Kier alpha value is -2.08. The van der Waals surface area contributed by atoms with Gasteiger partial charge in [0.1, 0.15) is 0 Å². The summed E-state index contributed by atoms with van der Waals surface area (Å²) in [5.74, 6) is 0.644. The van der Waals surface area contributed by atoms with Crippen molar-refractivity contribution in [1.29, 1.82) is 0 Å². The molecule has 0 nitrogen and oxygen atoms in total. The van der Waals surface area contributed by atoms with Crippen LogP contribution < -0.4 is 0 Å². The van der Waals surface area contributed by atoms with Crippen LogP contribution in [-0.4, -0.2) is 0 Å². The van der Waals surface area contributed by atoms with E-state index in [2.05, 4.69) is 79.7 Å². The first-order valence-corrected chi connectivity index (χ1v) is 7.40. The summed E-state index contributed by atoms with van der Waals surface area (Å²) in [5, 5.41) is 0. The molecule has 1 unspecified atom stereocenters. The average molecular weight is 260 g/mol. The van der Waals surface area contributed by atoms with Gasteiger partial charge >= 0.3 is 0 Å². The van der Waals surface area contributed by atoms with Crippen LogP contribution in [0.3, 0.4) is 0 Å². The number of hydrogen-bond donors (Lipinski definition) is 0. The van der Waals surface area contributed by atoms with Gasteiger partial charge in [0, 0.05) is 0 Å². The molecule has 0 saturated heterocycles. The van der Waals surface area contributed by atoms with Gasteiger partial charge in [0.25, 0.3) is 0 Å². The monoisotopic (exact) mass is 260 g/mol. The average Bonchev–Trinajstić information content (AvgIpc) is 2.56. The van der Waals surface area contributed by atoms with E-state index in [9.17, 15) is 0 Å². The highest BCUT2D eigenvalue weighted by atomic mass is 14.2. The van der Waals surface area contributed by atoms with Crippen molar-refractivity contribution in [3.63, 3.8) is 0 Å². The fraction of sp³-hybridized carbons (Fsp3) is 0.200. The first-order valence-electron chi connectivity index (χ1n) is 7.40. The number of allylic oxidation sites excluding steroid dienone is 4. The predicted octanol–water partition coefficient (Wildman–Crippen LogP) is 5.58. The Morgan fingerprint density at radius 2 is 1.45 bits per heavy atom. The van der Waals surface area contributed by atoms with Crippen molar-refractivity contribution in [3.05, 3.63) is 83.9 Å². The van der Waals surface area contributed by atoms with Crippen molar-refractivity contribution >= 4 is 11.1 Å². The summed E-state index contributed by atoms with van der Waals surface area (Å²) in [7, 11) is 0. The van der Waals surface area contributed by atoms with Crippen LogP contribution in [0.1, 0.15) is 30.9 Å². The van der Waals surface area contributed by atoms with E-state index in [4.69, 9.17) is 0 Å². The Morgan fingerprint density at radius 1 is 0.850 bits per heavy atom. The van der Waals surface area contributed by atoms with E-state index in [0.29, 0.717) is 5.92 Å². The molecule has 0 radical (unpaired) electrons. The summed E-state index contributed by atoms with van der Waals surface area (Å²) in [6.07, 6.45) is 7.13. The lowest BCUT2D eigenvalue weighted by atomic mass is 9.83. The van der Waals surface area contributed by atoms with Crippen molar-refractivity contribution < 1.29 is 0 Å². The molecule has 0 aromatic heterocycles. The van der Waals surface area contributed by atoms with E-state index in [1.54, 1.807) is 0 Å². The SMILES string of the molecule is CCC1C=C(c2ccccc2)C=C(c2ccccc2)C1. The molecule has 2 aromatic carbocycles. The fourth-order valence-electron chi connectivity index (χ4n) is 2.82. The minimum atomic E-state index is 0.644. The molecule has 1 aliphatic carbocycles. The quantitative estimate of drug-likeness (QED) is 0.675. The topological polar surface area (TPSA) is 0 Å². The van der Waals surface area contributed by atoms with Gasteiger partial charge in [0.05, 0.1) is 0 Å². The van der Waals surface area contributed by atoms with Gasteiger partial charge in [-0.2, -0.15) is 0 Å². The van der Waals surface area contributed by atoms with Gasteiger partial charge in [-0.15, -0.1) is 0 Å². The van der Waals surface area contributed by atoms with Gasteiger partial charge in [-0.25, -0.2) is 0 Å². The molecule has 2 aromatic rings. The maximum Gasteiger partial charge on any atom is -0.0186 e. The van der Waals surface area contributed by atoms with E-state index in [1.165, 1.54) is 28.7 Å². The summed E-state index contributed by atoms with van der Waals surface area (Å²) >= 11 is 0. The third kappa shape index (κ3) is 2.75. The Morgan fingerprint density at radius 3 is 2.05 bits per heavy atom. The van der Waals surface area contributed by atoms with Gasteiger partial charge in [0.15, 0.2) is 0 Å². The standard InChI is InChI=1S/C20H20/c1-2-16-13-19(17-9-5-3-6-10-17)15-20(14-16)18-11-7-4-8-12-18/h3-13,15-16H,2,14H2,1H3. The largest absolute Gasteiger partial charge is 0.0732 e. The molecule has 0 saturated carbocycles. The number of hydrogen-bond acceptors (Lipinski definition) is 0. The zero-order valence-corrected chi connectivity index (χ0v) is 11.9. The zero-order chi connectivity index (χ0) is 13.8. The Bertz CT molecular complexity index is 618. The Kier molecular flexibility index (Phi) is 3.83. The molecule has 0 fully saturated rings. The molecule has 0 amide bonds. The maximum absolute atomic E-state index is 2.43. The van der Waals surface area contributed by atoms with Crippen molar-refractivity contribution in [2.45, 2.75) is 19.8 Å². The predicted molar refractivity (Wildman–Crippen MR) is 87.2 cm³/mol. The molecule has 0 spiro atoms. The fourth-order valence-corrected chi connectivity index (χ4v) is 2.82. The van der Waals surface area contributed by atoms with Crippen LogP contribution >= 0.6 is 0 Å². The van der Waals surface area contributed by atoms with Gasteiger partial charge < -0.3 is 0 Å². The second-order valence-corrected chi connectivity index (χ2v) is 5.40. The second kappa shape index (κ2) is 5.92.